The first-order valence-corrected chi connectivity index (χ1v) is 9.22. The molecule has 0 unspecified atom stereocenters. The molecular weight excluding hydrogens is 302 g/mol. The number of hydrogen-bond acceptors (Lipinski definition) is 3. The fraction of sp³-hybridized carbons (Fsp3) is 0.650. The Hall–Kier alpha value is -1.55. The molecule has 1 saturated carbocycles. The van der Waals surface area contributed by atoms with Gasteiger partial charge in [0.1, 0.15) is 11.4 Å². The molecule has 1 N–H and O–H groups in total. The van der Waals surface area contributed by atoms with Crippen LogP contribution in [0.3, 0.4) is 0 Å². The minimum Gasteiger partial charge on any atom is -0.493 e. The summed E-state index contributed by atoms with van der Waals surface area (Å²) in [4.78, 5) is 12.9. The Morgan fingerprint density at radius 1 is 1.08 bits per heavy atom. The molecule has 1 amide bonds. The number of carbonyl (C=O) groups excluding carboxylic acids is 1. The molecular formula is C20H31NO3. The van der Waals surface area contributed by atoms with Gasteiger partial charge in [0.05, 0.1) is 6.61 Å². The van der Waals surface area contributed by atoms with Gasteiger partial charge in [-0.25, -0.2) is 0 Å². The van der Waals surface area contributed by atoms with E-state index < -0.39 is 5.60 Å². The number of amides is 1. The first kappa shape index (κ1) is 18.8. The summed E-state index contributed by atoms with van der Waals surface area (Å²) in [5.41, 5.74) is 2.28. The number of anilines is 1. The Balaban J connectivity index is 2.13. The zero-order valence-electron chi connectivity index (χ0n) is 15.5. The van der Waals surface area contributed by atoms with Crippen molar-refractivity contribution >= 4 is 11.6 Å². The SMILES string of the molecule is CCCOc1c(C)cc(NC(=O)C2(OCCC)CCCC2)cc1C. The highest BCUT2D eigenvalue weighted by molar-refractivity contribution is 5.97. The van der Waals surface area contributed by atoms with E-state index in [1.165, 1.54) is 0 Å². The zero-order chi connectivity index (χ0) is 17.6. The second-order valence-corrected chi connectivity index (χ2v) is 6.79. The molecule has 0 spiro atoms. The number of aryl methyl sites for hydroxylation is 2. The van der Waals surface area contributed by atoms with Crippen molar-refractivity contribution in [3.63, 3.8) is 0 Å². The molecule has 2 rings (SSSR count). The maximum absolute atomic E-state index is 12.9. The lowest BCUT2D eigenvalue weighted by molar-refractivity contribution is -0.140. The van der Waals surface area contributed by atoms with Crippen molar-refractivity contribution in [2.45, 2.75) is 71.8 Å². The van der Waals surface area contributed by atoms with Crippen LogP contribution in [0.4, 0.5) is 5.69 Å². The van der Waals surface area contributed by atoms with Gasteiger partial charge in [0.15, 0.2) is 0 Å². The minimum atomic E-state index is -0.644. The van der Waals surface area contributed by atoms with E-state index in [1.807, 2.05) is 26.0 Å². The Labute approximate surface area is 145 Å². The van der Waals surface area contributed by atoms with Crippen LogP contribution in [0.2, 0.25) is 0 Å². The maximum Gasteiger partial charge on any atom is 0.256 e. The summed E-state index contributed by atoms with van der Waals surface area (Å²) in [5.74, 6) is 0.919. The Morgan fingerprint density at radius 2 is 1.67 bits per heavy atom. The van der Waals surface area contributed by atoms with Crippen molar-refractivity contribution in [1.82, 2.24) is 0 Å². The van der Waals surface area contributed by atoms with Crippen LogP contribution in [0, 0.1) is 13.8 Å². The minimum absolute atomic E-state index is 0.00511. The lowest BCUT2D eigenvalue weighted by atomic mass is 10.00. The van der Waals surface area contributed by atoms with Crippen molar-refractivity contribution < 1.29 is 14.3 Å². The van der Waals surface area contributed by atoms with Crippen LogP contribution in [0.15, 0.2) is 12.1 Å². The van der Waals surface area contributed by atoms with Crippen LogP contribution in [0.5, 0.6) is 5.75 Å². The van der Waals surface area contributed by atoms with Crippen molar-refractivity contribution in [3.05, 3.63) is 23.3 Å². The van der Waals surface area contributed by atoms with Gasteiger partial charge in [-0.15, -0.1) is 0 Å². The second kappa shape index (κ2) is 8.52. The molecule has 24 heavy (non-hydrogen) atoms. The fourth-order valence-electron chi connectivity index (χ4n) is 3.38. The molecule has 134 valence electrons. The molecule has 0 aliphatic heterocycles. The predicted octanol–water partition coefficient (Wildman–Crippen LogP) is 4.77. The highest BCUT2D eigenvalue weighted by atomic mass is 16.5. The third-order valence-corrected chi connectivity index (χ3v) is 4.58. The van der Waals surface area contributed by atoms with E-state index in [1.54, 1.807) is 0 Å². The quantitative estimate of drug-likeness (QED) is 0.745. The van der Waals surface area contributed by atoms with Crippen molar-refractivity contribution in [2.24, 2.45) is 0 Å². The molecule has 0 heterocycles. The highest BCUT2D eigenvalue weighted by Gasteiger charge is 2.42. The number of carbonyl (C=O) groups is 1. The van der Waals surface area contributed by atoms with Gasteiger partial charge in [-0.05, 0) is 75.6 Å². The molecule has 0 bridgehead atoms. The molecule has 4 nitrogen and oxygen atoms in total. The monoisotopic (exact) mass is 333 g/mol. The first-order valence-electron chi connectivity index (χ1n) is 9.22. The fourth-order valence-corrected chi connectivity index (χ4v) is 3.38. The van der Waals surface area contributed by atoms with Gasteiger partial charge >= 0.3 is 0 Å². The molecule has 0 radical (unpaired) electrons. The second-order valence-electron chi connectivity index (χ2n) is 6.79. The molecule has 0 aromatic heterocycles. The van der Waals surface area contributed by atoms with E-state index in [0.29, 0.717) is 13.2 Å². The largest absolute Gasteiger partial charge is 0.493 e. The Kier molecular flexibility index (Phi) is 6.67. The average molecular weight is 333 g/mol. The smallest absolute Gasteiger partial charge is 0.256 e. The number of nitrogens with one attached hydrogen (secondary N) is 1. The third-order valence-electron chi connectivity index (χ3n) is 4.58. The molecule has 0 atom stereocenters. The van der Waals surface area contributed by atoms with Gasteiger partial charge in [-0.3, -0.25) is 4.79 Å². The highest BCUT2D eigenvalue weighted by Crippen LogP contribution is 2.35. The van der Waals surface area contributed by atoms with Crippen LogP contribution in [0.1, 0.15) is 63.5 Å². The number of hydrogen-bond donors (Lipinski definition) is 1. The van der Waals surface area contributed by atoms with Crippen LogP contribution in [-0.4, -0.2) is 24.7 Å². The molecule has 4 heteroatoms. The predicted molar refractivity (Wildman–Crippen MR) is 97.8 cm³/mol. The Morgan fingerprint density at radius 3 is 2.21 bits per heavy atom. The standard InChI is InChI=1S/C20H31NO3/c1-5-11-23-18-15(3)13-17(14-16(18)4)21-19(22)20(24-12-6-2)9-7-8-10-20/h13-14H,5-12H2,1-4H3,(H,21,22). The first-order chi connectivity index (χ1) is 11.5. The van der Waals surface area contributed by atoms with Crippen LogP contribution < -0.4 is 10.1 Å². The Bertz CT molecular complexity index is 539. The van der Waals surface area contributed by atoms with Gasteiger partial charge in [-0.1, -0.05) is 13.8 Å². The summed E-state index contributed by atoms with van der Waals surface area (Å²) < 4.78 is 11.8. The summed E-state index contributed by atoms with van der Waals surface area (Å²) in [6, 6.07) is 3.97. The molecule has 1 aromatic carbocycles. The summed E-state index contributed by atoms with van der Waals surface area (Å²) in [6.45, 7) is 9.55. The van der Waals surface area contributed by atoms with Gasteiger partial charge in [0.2, 0.25) is 0 Å². The lowest BCUT2D eigenvalue weighted by Gasteiger charge is -2.28. The van der Waals surface area contributed by atoms with Crippen LogP contribution in [-0.2, 0) is 9.53 Å². The van der Waals surface area contributed by atoms with Gasteiger partial charge in [0, 0.05) is 12.3 Å². The van der Waals surface area contributed by atoms with Gasteiger partial charge < -0.3 is 14.8 Å². The van der Waals surface area contributed by atoms with Crippen molar-refractivity contribution in [1.29, 1.82) is 0 Å². The van der Waals surface area contributed by atoms with E-state index in [0.717, 1.165) is 61.1 Å². The summed E-state index contributed by atoms with van der Waals surface area (Å²) in [5, 5.41) is 3.08. The van der Waals surface area contributed by atoms with Crippen molar-refractivity contribution in [2.75, 3.05) is 18.5 Å². The molecule has 1 aliphatic carbocycles. The molecule has 1 aliphatic rings. The van der Waals surface area contributed by atoms with E-state index in [2.05, 4.69) is 19.2 Å². The number of benzene rings is 1. The van der Waals surface area contributed by atoms with E-state index in [9.17, 15) is 4.79 Å². The normalized spacial score (nSPS) is 16.2. The summed E-state index contributed by atoms with van der Waals surface area (Å²) in [6.07, 6.45) is 5.65. The molecule has 1 aromatic rings. The zero-order valence-corrected chi connectivity index (χ0v) is 15.5. The van der Waals surface area contributed by atoms with Crippen LogP contribution in [0.25, 0.3) is 0 Å². The number of rotatable bonds is 8. The maximum atomic E-state index is 12.9. The average Bonchev–Trinajstić information content (AvgIpc) is 3.02. The van der Waals surface area contributed by atoms with Crippen LogP contribution >= 0.6 is 0 Å². The van der Waals surface area contributed by atoms with E-state index in [4.69, 9.17) is 9.47 Å². The van der Waals surface area contributed by atoms with Gasteiger partial charge in [-0.2, -0.15) is 0 Å². The van der Waals surface area contributed by atoms with Gasteiger partial charge in [0.25, 0.3) is 5.91 Å². The third kappa shape index (κ3) is 4.29. The van der Waals surface area contributed by atoms with E-state index >= 15 is 0 Å². The summed E-state index contributed by atoms with van der Waals surface area (Å²) >= 11 is 0. The topological polar surface area (TPSA) is 47.6 Å². The summed E-state index contributed by atoms with van der Waals surface area (Å²) in [7, 11) is 0. The molecule has 0 saturated heterocycles. The van der Waals surface area contributed by atoms with E-state index in [-0.39, 0.29) is 5.91 Å². The van der Waals surface area contributed by atoms with Crippen molar-refractivity contribution in [3.8, 4) is 5.75 Å². The lowest BCUT2D eigenvalue weighted by Crippen LogP contribution is -2.43. The molecule has 1 fully saturated rings. The number of ether oxygens (including phenoxy) is 2.